The molecule has 0 spiro atoms. The number of ether oxygens (including phenoxy) is 1. The van der Waals surface area contributed by atoms with Crippen LogP contribution in [-0.4, -0.2) is 24.2 Å². The molecule has 6 heteroatoms. The molecule has 0 aliphatic rings. The molecule has 0 bridgehead atoms. The first-order valence-corrected chi connectivity index (χ1v) is 10.6. The van der Waals surface area contributed by atoms with Crippen molar-refractivity contribution in [2.75, 3.05) is 11.9 Å². The van der Waals surface area contributed by atoms with Crippen LogP contribution < -0.4 is 15.4 Å². The summed E-state index contributed by atoms with van der Waals surface area (Å²) in [4.78, 5) is 37.6. The van der Waals surface area contributed by atoms with E-state index in [-0.39, 0.29) is 11.5 Å². The minimum Gasteiger partial charge on any atom is -0.494 e. The molecule has 0 unspecified atom stereocenters. The first-order chi connectivity index (χ1) is 15.9. The van der Waals surface area contributed by atoms with Crippen molar-refractivity contribution < 1.29 is 19.1 Å². The summed E-state index contributed by atoms with van der Waals surface area (Å²) in [5, 5.41) is 5.47. The molecule has 0 atom stereocenters. The van der Waals surface area contributed by atoms with Gasteiger partial charge in [-0.05, 0) is 68.8 Å². The first kappa shape index (κ1) is 23.5. The second kappa shape index (κ2) is 10.9. The number of amides is 2. The average molecular weight is 443 g/mol. The zero-order chi connectivity index (χ0) is 23.8. The van der Waals surface area contributed by atoms with Crippen molar-refractivity contribution in [2.45, 2.75) is 20.8 Å². The van der Waals surface area contributed by atoms with Gasteiger partial charge in [0.1, 0.15) is 11.4 Å². The van der Waals surface area contributed by atoms with Crippen molar-refractivity contribution in [1.82, 2.24) is 5.32 Å². The van der Waals surface area contributed by atoms with E-state index in [1.807, 2.05) is 26.0 Å². The molecule has 0 fully saturated rings. The topological polar surface area (TPSA) is 84.5 Å². The van der Waals surface area contributed by atoms with Gasteiger partial charge in [-0.25, -0.2) is 0 Å². The fraction of sp³-hybridized carbons (Fsp3) is 0.148. The lowest BCUT2D eigenvalue weighted by Crippen LogP contribution is -2.30. The second-order valence-corrected chi connectivity index (χ2v) is 7.47. The smallest absolute Gasteiger partial charge is 0.272 e. The maximum atomic E-state index is 13.1. The Bertz CT molecular complexity index is 1180. The molecule has 33 heavy (non-hydrogen) atoms. The Kier molecular flexibility index (Phi) is 7.76. The highest BCUT2D eigenvalue weighted by Gasteiger charge is 2.15. The van der Waals surface area contributed by atoms with E-state index in [0.29, 0.717) is 34.7 Å². The van der Waals surface area contributed by atoms with Gasteiger partial charge in [0.2, 0.25) is 0 Å². The molecule has 3 aromatic rings. The minimum atomic E-state index is -0.509. The van der Waals surface area contributed by atoms with Gasteiger partial charge in [0.25, 0.3) is 11.8 Å². The molecular formula is C27H26N2O4. The van der Waals surface area contributed by atoms with Crippen LogP contribution in [0.5, 0.6) is 5.75 Å². The molecule has 0 aromatic heterocycles. The van der Waals surface area contributed by atoms with E-state index in [1.54, 1.807) is 66.7 Å². The van der Waals surface area contributed by atoms with Gasteiger partial charge in [0.05, 0.1) is 6.61 Å². The third-order valence-electron chi connectivity index (χ3n) is 4.84. The minimum absolute atomic E-state index is 0.0676. The lowest BCUT2D eigenvalue weighted by atomic mass is 10.1. The van der Waals surface area contributed by atoms with Crippen molar-refractivity contribution in [3.05, 3.63) is 101 Å². The van der Waals surface area contributed by atoms with Gasteiger partial charge in [-0.2, -0.15) is 0 Å². The van der Waals surface area contributed by atoms with Crippen LogP contribution in [0.3, 0.4) is 0 Å². The predicted octanol–water partition coefficient (Wildman–Crippen LogP) is 5.01. The van der Waals surface area contributed by atoms with Gasteiger partial charge in [-0.3, -0.25) is 14.4 Å². The molecule has 0 aliphatic heterocycles. The SMILES string of the molecule is CCOc1ccc(/C=C(/NC(=O)c2ccc(C)cc2)C(=O)Nc2cccc(C(C)=O)c2)cc1. The highest BCUT2D eigenvalue weighted by Crippen LogP contribution is 2.17. The quantitative estimate of drug-likeness (QED) is 0.380. The van der Waals surface area contributed by atoms with Crippen molar-refractivity contribution in [3.63, 3.8) is 0 Å². The third-order valence-corrected chi connectivity index (χ3v) is 4.84. The van der Waals surface area contributed by atoms with Gasteiger partial charge in [0, 0.05) is 16.8 Å². The largest absolute Gasteiger partial charge is 0.494 e. The van der Waals surface area contributed by atoms with E-state index in [4.69, 9.17) is 4.74 Å². The summed E-state index contributed by atoms with van der Waals surface area (Å²) in [5.74, 6) is -0.306. The van der Waals surface area contributed by atoms with Crippen LogP contribution in [0, 0.1) is 6.92 Å². The molecule has 3 aromatic carbocycles. The van der Waals surface area contributed by atoms with Crippen molar-refractivity contribution in [1.29, 1.82) is 0 Å². The fourth-order valence-electron chi connectivity index (χ4n) is 3.07. The highest BCUT2D eigenvalue weighted by molar-refractivity contribution is 6.11. The van der Waals surface area contributed by atoms with Gasteiger partial charge >= 0.3 is 0 Å². The summed E-state index contributed by atoms with van der Waals surface area (Å²) in [6, 6.07) is 20.9. The Balaban J connectivity index is 1.88. The molecule has 0 aliphatic carbocycles. The normalized spacial score (nSPS) is 10.9. The average Bonchev–Trinajstić information content (AvgIpc) is 2.80. The molecule has 168 valence electrons. The van der Waals surface area contributed by atoms with E-state index in [1.165, 1.54) is 6.92 Å². The summed E-state index contributed by atoms with van der Waals surface area (Å²) in [7, 11) is 0. The molecule has 0 radical (unpaired) electrons. The molecular weight excluding hydrogens is 416 g/mol. The molecule has 2 N–H and O–H groups in total. The lowest BCUT2D eigenvalue weighted by Gasteiger charge is -2.12. The number of ketones is 1. The summed E-state index contributed by atoms with van der Waals surface area (Å²) in [6.45, 7) is 5.84. The second-order valence-electron chi connectivity index (χ2n) is 7.47. The summed E-state index contributed by atoms with van der Waals surface area (Å²) >= 11 is 0. The maximum Gasteiger partial charge on any atom is 0.272 e. The Hall–Kier alpha value is -4.19. The molecule has 6 nitrogen and oxygen atoms in total. The van der Waals surface area contributed by atoms with E-state index in [2.05, 4.69) is 10.6 Å². The molecule has 2 amide bonds. The van der Waals surface area contributed by atoms with E-state index in [9.17, 15) is 14.4 Å². The van der Waals surface area contributed by atoms with Crippen LogP contribution in [0.1, 0.15) is 45.7 Å². The van der Waals surface area contributed by atoms with Crippen LogP contribution in [0.15, 0.2) is 78.5 Å². The highest BCUT2D eigenvalue weighted by atomic mass is 16.5. The number of anilines is 1. The van der Waals surface area contributed by atoms with Crippen LogP contribution in [0.2, 0.25) is 0 Å². The number of nitrogens with one attached hydrogen (secondary N) is 2. The number of carbonyl (C=O) groups excluding carboxylic acids is 3. The first-order valence-electron chi connectivity index (χ1n) is 10.6. The fourth-order valence-corrected chi connectivity index (χ4v) is 3.07. The van der Waals surface area contributed by atoms with Crippen LogP contribution in [0.25, 0.3) is 6.08 Å². The molecule has 3 rings (SSSR count). The Morgan fingerprint density at radius 1 is 0.909 bits per heavy atom. The van der Waals surface area contributed by atoms with E-state index >= 15 is 0 Å². The summed E-state index contributed by atoms with van der Waals surface area (Å²) in [6.07, 6.45) is 1.59. The number of hydrogen-bond donors (Lipinski definition) is 2. The van der Waals surface area contributed by atoms with Crippen molar-refractivity contribution in [2.24, 2.45) is 0 Å². The molecule has 0 heterocycles. The zero-order valence-corrected chi connectivity index (χ0v) is 18.8. The summed E-state index contributed by atoms with van der Waals surface area (Å²) < 4.78 is 5.46. The van der Waals surface area contributed by atoms with Crippen molar-refractivity contribution >= 4 is 29.4 Å². The van der Waals surface area contributed by atoms with Crippen LogP contribution in [0.4, 0.5) is 5.69 Å². The number of rotatable bonds is 8. The number of benzene rings is 3. The lowest BCUT2D eigenvalue weighted by molar-refractivity contribution is -0.113. The Labute approximate surface area is 193 Å². The van der Waals surface area contributed by atoms with Gasteiger partial charge in [-0.1, -0.05) is 42.0 Å². The van der Waals surface area contributed by atoms with Gasteiger partial charge in [0.15, 0.2) is 5.78 Å². The molecule has 0 saturated carbocycles. The van der Waals surface area contributed by atoms with Gasteiger partial charge < -0.3 is 15.4 Å². The monoisotopic (exact) mass is 442 g/mol. The van der Waals surface area contributed by atoms with E-state index in [0.717, 1.165) is 5.56 Å². The van der Waals surface area contributed by atoms with Gasteiger partial charge in [-0.15, -0.1) is 0 Å². The van der Waals surface area contributed by atoms with E-state index < -0.39 is 11.8 Å². The standard InChI is InChI=1S/C27H26N2O4/c1-4-33-24-14-10-20(11-15-24)16-25(29-26(31)21-12-8-18(2)9-13-21)27(32)28-23-7-5-6-22(17-23)19(3)30/h5-17H,4H2,1-3H3,(H,28,32)(H,29,31)/b25-16+. The maximum absolute atomic E-state index is 13.1. The van der Waals surface area contributed by atoms with Crippen LogP contribution in [-0.2, 0) is 4.79 Å². The number of Topliss-reactive ketones (excluding diaryl/α,β-unsaturated/α-hetero) is 1. The number of aryl methyl sites for hydroxylation is 1. The Morgan fingerprint density at radius 3 is 2.24 bits per heavy atom. The number of carbonyl (C=O) groups is 3. The summed E-state index contributed by atoms with van der Waals surface area (Å²) in [5.41, 5.74) is 3.18. The van der Waals surface area contributed by atoms with Crippen LogP contribution >= 0.6 is 0 Å². The number of hydrogen-bond acceptors (Lipinski definition) is 4. The van der Waals surface area contributed by atoms with Crippen molar-refractivity contribution in [3.8, 4) is 5.75 Å². The Morgan fingerprint density at radius 2 is 1.61 bits per heavy atom. The predicted molar refractivity (Wildman–Crippen MR) is 129 cm³/mol. The molecule has 0 saturated heterocycles. The zero-order valence-electron chi connectivity index (χ0n) is 18.8. The third kappa shape index (κ3) is 6.64.